The van der Waals surface area contributed by atoms with Crippen molar-refractivity contribution in [2.45, 2.75) is 0 Å². The summed E-state index contributed by atoms with van der Waals surface area (Å²) in [5, 5.41) is 2.47. The van der Waals surface area contributed by atoms with E-state index >= 15 is 0 Å². The molecule has 2 rings (SSSR count). The minimum absolute atomic E-state index is 0.625. The van der Waals surface area contributed by atoms with Crippen LogP contribution in [0, 0.1) is 0 Å². The number of rotatable bonds is 4. The topological polar surface area (TPSA) is 26.0 Å². The van der Waals surface area contributed by atoms with E-state index < -0.39 is 6.62 Å². The van der Waals surface area contributed by atoms with Crippen molar-refractivity contribution in [3.8, 4) is 0 Å². The van der Waals surface area contributed by atoms with E-state index in [9.17, 15) is 0 Å². The number of nitrogens with two attached hydrogens (primary N) is 1. The summed E-state index contributed by atoms with van der Waals surface area (Å²) in [6.07, 6.45) is 0.864. The maximum absolute atomic E-state index is 6.95. The number of halogens is 1. The number of benzene rings is 2. The summed E-state index contributed by atoms with van der Waals surface area (Å²) in [7, 11) is 0. The molecule has 0 aliphatic heterocycles. The van der Waals surface area contributed by atoms with Crippen LogP contribution in [-0.4, -0.2) is 12.7 Å². The molecule has 0 amide bonds. The number of hydrogen-bond acceptors (Lipinski definition) is 1. The average Bonchev–Trinajstić information content (AvgIpc) is 2.41. The normalized spacial score (nSPS) is 12.4. The summed E-state index contributed by atoms with van der Waals surface area (Å²) in [6.45, 7) is -1.53. The Bertz CT molecular complexity index is 419. The van der Waals surface area contributed by atoms with E-state index in [0.29, 0.717) is 6.54 Å². The SMILES string of the molecule is NCC[PH](Cl)(c1ccccc1)c1ccccc1. The van der Waals surface area contributed by atoms with Gasteiger partial charge in [0.05, 0.1) is 0 Å². The van der Waals surface area contributed by atoms with Crippen molar-refractivity contribution in [3.05, 3.63) is 60.7 Å². The molecule has 17 heavy (non-hydrogen) atoms. The van der Waals surface area contributed by atoms with Gasteiger partial charge in [0, 0.05) is 0 Å². The Labute approximate surface area is 108 Å². The molecule has 0 unspecified atom stereocenters. The van der Waals surface area contributed by atoms with Gasteiger partial charge in [-0.05, 0) is 0 Å². The van der Waals surface area contributed by atoms with E-state index in [-0.39, 0.29) is 0 Å². The fourth-order valence-corrected chi connectivity index (χ4v) is 5.89. The van der Waals surface area contributed by atoms with Crippen LogP contribution in [0.3, 0.4) is 0 Å². The molecule has 0 aliphatic rings. The van der Waals surface area contributed by atoms with Crippen LogP contribution in [-0.2, 0) is 0 Å². The van der Waals surface area contributed by atoms with Crippen molar-refractivity contribution < 1.29 is 0 Å². The van der Waals surface area contributed by atoms with Crippen LogP contribution >= 0.6 is 17.9 Å². The Balaban J connectivity index is 2.47. The van der Waals surface area contributed by atoms with Crippen molar-refractivity contribution in [2.24, 2.45) is 5.73 Å². The summed E-state index contributed by atoms with van der Waals surface area (Å²) in [4.78, 5) is 0. The Kier molecular flexibility index (Phi) is 4.17. The fourth-order valence-electron chi connectivity index (χ4n) is 2.06. The second-order valence-corrected chi connectivity index (χ2v) is 9.26. The van der Waals surface area contributed by atoms with Crippen LogP contribution in [0.25, 0.3) is 0 Å². The van der Waals surface area contributed by atoms with Gasteiger partial charge >= 0.3 is 108 Å². The molecule has 0 fully saturated rings. The van der Waals surface area contributed by atoms with Crippen LogP contribution in [0.2, 0.25) is 0 Å². The molecule has 0 aromatic heterocycles. The Morgan fingerprint density at radius 2 is 1.24 bits per heavy atom. The zero-order valence-electron chi connectivity index (χ0n) is 9.64. The molecule has 2 aromatic rings. The fraction of sp³-hybridized carbons (Fsp3) is 0.143. The van der Waals surface area contributed by atoms with Crippen molar-refractivity contribution >= 4 is 28.5 Å². The molecule has 0 spiro atoms. The maximum atomic E-state index is 6.95. The van der Waals surface area contributed by atoms with Crippen LogP contribution < -0.4 is 16.3 Å². The van der Waals surface area contributed by atoms with Crippen molar-refractivity contribution in [1.29, 1.82) is 0 Å². The third-order valence-corrected chi connectivity index (χ3v) is 8.30. The van der Waals surface area contributed by atoms with Crippen LogP contribution in [0.5, 0.6) is 0 Å². The zero-order chi connectivity index (χ0) is 12.1. The van der Waals surface area contributed by atoms with Crippen molar-refractivity contribution in [1.82, 2.24) is 0 Å². The van der Waals surface area contributed by atoms with Gasteiger partial charge in [-0.2, -0.15) is 0 Å². The van der Waals surface area contributed by atoms with E-state index in [1.807, 2.05) is 36.4 Å². The zero-order valence-corrected chi connectivity index (χ0v) is 11.4. The van der Waals surface area contributed by atoms with Crippen LogP contribution in [0.15, 0.2) is 60.7 Å². The molecule has 0 aliphatic carbocycles. The Morgan fingerprint density at radius 3 is 1.59 bits per heavy atom. The first-order chi connectivity index (χ1) is 8.27. The third kappa shape index (κ3) is 2.69. The van der Waals surface area contributed by atoms with Crippen molar-refractivity contribution in [3.63, 3.8) is 0 Å². The second-order valence-electron chi connectivity index (χ2n) is 4.07. The first kappa shape index (κ1) is 12.6. The molecule has 0 saturated heterocycles. The molecular formula is C14H17ClNP. The van der Waals surface area contributed by atoms with Gasteiger partial charge in [0.15, 0.2) is 0 Å². The molecule has 0 heterocycles. The van der Waals surface area contributed by atoms with Crippen molar-refractivity contribution in [2.75, 3.05) is 12.7 Å². The first-order valence-electron chi connectivity index (χ1n) is 5.77. The minimum atomic E-state index is -2.15. The molecule has 0 bridgehead atoms. The molecule has 3 heteroatoms. The summed E-state index contributed by atoms with van der Waals surface area (Å²) in [5.74, 6) is 0. The van der Waals surface area contributed by atoms with Crippen LogP contribution in [0.4, 0.5) is 0 Å². The van der Waals surface area contributed by atoms with Gasteiger partial charge in [0.2, 0.25) is 0 Å². The standard InChI is InChI=1S/C14H17ClNP/c15-17(12-11-16,13-7-3-1-4-8-13)14-9-5-2-6-10-14/h1-10,17H,11-12,16H2. The summed E-state index contributed by atoms with van der Waals surface area (Å²) < 4.78 is 0. The van der Waals surface area contributed by atoms with Gasteiger partial charge in [0.1, 0.15) is 0 Å². The number of hydrogen-bond donors (Lipinski definition) is 1. The van der Waals surface area contributed by atoms with Gasteiger partial charge in [0.25, 0.3) is 0 Å². The Morgan fingerprint density at radius 1 is 0.824 bits per heavy atom. The van der Waals surface area contributed by atoms with Gasteiger partial charge in [-0.25, -0.2) is 0 Å². The molecule has 1 nitrogen and oxygen atoms in total. The van der Waals surface area contributed by atoms with Gasteiger partial charge in [-0.3, -0.25) is 0 Å². The van der Waals surface area contributed by atoms with Gasteiger partial charge in [-0.1, -0.05) is 0 Å². The first-order valence-corrected chi connectivity index (χ1v) is 8.99. The molecule has 0 radical (unpaired) electrons. The van der Waals surface area contributed by atoms with E-state index in [1.54, 1.807) is 0 Å². The van der Waals surface area contributed by atoms with Gasteiger partial charge < -0.3 is 0 Å². The average molecular weight is 266 g/mol. The summed E-state index contributed by atoms with van der Waals surface area (Å²) in [6, 6.07) is 20.6. The van der Waals surface area contributed by atoms with Gasteiger partial charge in [-0.15, -0.1) is 0 Å². The summed E-state index contributed by atoms with van der Waals surface area (Å²) in [5.41, 5.74) is 5.74. The summed E-state index contributed by atoms with van der Waals surface area (Å²) >= 11 is 6.95. The van der Waals surface area contributed by atoms with Crippen LogP contribution in [0.1, 0.15) is 0 Å². The quantitative estimate of drug-likeness (QED) is 0.845. The monoisotopic (exact) mass is 265 g/mol. The molecule has 2 N–H and O–H groups in total. The van der Waals surface area contributed by atoms with E-state index in [1.165, 1.54) is 10.6 Å². The second kappa shape index (κ2) is 5.64. The predicted octanol–water partition coefficient (Wildman–Crippen LogP) is 2.50. The third-order valence-electron chi connectivity index (χ3n) is 2.95. The molecule has 2 aromatic carbocycles. The predicted molar refractivity (Wildman–Crippen MR) is 80.2 cm³/mol. The molecule has 0 atom stereocenters. The van der Waals surface area contributed by atoms with E-state index in [4.69, 9.17) is 17.0 Å². The molecular weight excluding hydrogens is 249 g/mol. The van der Waals surface area contributed by atoms with E-state index in [2.05, 4.69) is 24.3 Å². The molecule has 90 valence electrons. The Hall–Kier alpha value is -0.880. The van der Waals surface area contributed by atoms with E-state index in [0.717, 1.165) is 6.16 Å². The molecule has 0 saturated carbocycles.